The van der Waals surface area contributed by atoms with Crippen LogP contribution in [0, 0.1) is 0 Å². The van der Waals surface area contributed by atoms with Crippen LogP contribution in [0.2, 0.25) is 0 Å². The Balaban J connectivity index is -0.000000214. The molecule has 6 nitrogen and oxygen atoms in total. The first-order chi connectivity index (χ1) is 8.60. The lowest BCUT2D eigenvalue weighted by Crippen LogP contribution is -2.25. The minimum Gasteiger partial charge on any atom is -0.395 e. The first-order valence-electron chi connectivity index (χ1n) is 4.99. The normalized spacial score (nSPS) is 10.4. The zero-order valence-electron chi connectivity index (χ0n) is 10.5. The van der Waals surface area contributed by atoms with Crippen molar-refractivity contribution < 1.29 is 36.4 Å². The van der Waals surface area contributed by atoms with Gasteiger partial charge in [0.25, 0.3) is 10.1 Å². The Labute approximate surface area is 110 Å². The van der Waals surface area contributed by atoms with Crippen LogP contribution < -0.4 is 0 Å². The third-order valence-corrected chi connectivity index (χ3v) is 1.95. The first kappa shape index (κ1) is 23.4. The third-order valence-electron chi connectivity index (χ3n) is 1.29. The second kappa shape index (κ2) is 15.4. The lowest BCUT2D eigenvalue weighted by atomic mass is 10.5. The molecule has 19 heavy (non-hydrogen) atoms. The van der Waals surface area contributed by atoms with Crippen LogP contribution in [-0.4, -0.2) is 73.9 Å². The summed E-state index contributed by atoms with van der Waals surface area (Å²) in [4.78, 5) is 1.86. The van der Waals surface area contributed by atoms with E-state index in [1.54, 1.807) is 0 Å². The maximum absolute atomic E-state index is 9.72. The molecule has 0 saturated heterocycles. The second-order valence-electron chi connectivity index (χ2n) is 3.04. The van der Waals surface area contributed by atoms with Crippen LogP contribution in [0.3, 0.4) is 0 Å². The molecule has 0 fully saturated rings. The SMILES string of the molecule is C=CCS(=O)(=O)O.CN(CCO)CCO.FC(F)F. The number of rotatable bonds is 6. The Morgan fingerprint density at radius 2 is 1.53 bits per heavy atom. The minimum atomic E-state index is -3.79. The average Bonchev–Trinajstić information content (AvgIpc) is 2.16. The van der Waals surface area contributed by atoms with E-state index in [1.807, 2.05) is 11.9 Å². The summed E-state index contributed by atoms with van der Waals surface area (Å²) in [6.45, 7) is 1.05. The van der Waals surface area contributed by atoms with Gasteiger partial charge >= 0.3 is 6.68 Å². The van der Waals surface area contributed by atoms with E-state index >= 15 is 0 Å². The molecule has 0 aromatic carbocycles. The van der Waals surface area contributed by atoms with Crippen LogP contribution >= 0.6 is 0 Å². The molecule has 0 heterocycles. The maximum Gasteiger partial charge on any atom is 0.379 e. The smallest absolute Gasteiger partial charge is 0.379 e. The van der Waals surface area contributed by atoms with E-state index < -0.39 is 16.8 Å². The molecule has 0 unspecified atom stereocenters. The number of aliphatic hydroxyl groups is 2. The topological polar surface area (TPSA) is 98.1 Å². The summed E-state index contributed by atoms with van der Waals surface area (Å²) in [5.74, 6) is -0.368. The molecule has 10 heteroatoms. The fourth-order valence-electron chi connectivity index (χ4n) is 0.602. The predicted octanol–water partition coefficient (Wildman–Crippen LogP) is 0.142. The fraction of sp³-hybridized carbons (Fsp3) is 0.778. The molecule has 0 aliphatic heterocycles. The van der Waals surface area contributed by atoms with Crippen molar-refractivity contribution in [3.05, 3.63) is 12.7 Å². The van der Waals surface area contributed by atoms with Gasteiger partial charge in [0, 0.05) is 13.1 Å². The monoisotopic (exact) mass is 311 g/mol. The molecule has 0 aromatic heterocycles. The highest BCUT2D eigenvalue weighted by molar-refractivity contribution is 7.85. The summed E-state index contributed by atoms with van der Waals surface area (Å²) < 4.78 is 56.3. The standard InChI is InChI=1S/C5H13NO2.C3H6O3S.CHF3/c1-6(2-4-7)3-5-8;1-2-3-7(4,5)6;2-1(3)4/h7-8H,2-5H2,1H3;2H,1,3H2,(H,4,5,6);1H. The van der Waals surface area contributed by atoms with Gasteiger partial charge in [0.2, 0.25) is 0 Å². The van der Waals surface area contributed by atoms with Crippen molar-refractivity contribution >= 4 is 10.1 Å². The molecule has 0 aliphatic rings. The number of alkyl halides is 3. The molecule has 3 N–H and O–H groups in total. The van der Waals surface area contributed by atoms with Crippen molar-refractivity contribution in [1.82, 2.24) is 4.90 Å². The van der Waals surface area contributed by atoms with Crippen molar-refractivity contribution in [2.45, 2.75) is 6.68 Å². The van der Waals surface area contributed by atoms with E-state index in [2.05, 4.69) is 6.58 Å². The number of nitrogens with zero attached hydrogens (tertiary/aromatic N) is 1. The number of hydrogen-bond acceptors (Lipinski definition) is 5. The molecule has 0 amide bonds. The highest BCUT2D eigenvalue weighted by Gasteiger charge is 1.95. The summed E-state index contributed by atoms with van der Waals surface area (Å²) >= 11 is 0. The van der Waals surface area contributed by atoms with Crippen LogP contribution in [0.5, 0.6) is 0 Å². The summed E-state index contributed by atoms with van der Waals surface area (Å²) in [5.41, 5.74) is 0. The van der Waals surface area contributed by atoms with Gasteiger partial charge in [0.1, 0.15) is 0 Å². The van der Waals surface area contributed by atoms with Gasteiger partial charge in [0.05, 0.1) is 19.0 Å². The summed E-state index contributed by atoms with van der Waals surface area (Å²) in [7, 11) is -1.94. The molecule has 0 aromatic rings. The van der Waals surface area contributed by atoms with Crippen molar-refractivity contribution in [2.24, 2.45) is 0 Å². The molecule has 0 aliphatic carbocycles. The molecule has 0 radical (unpaired) electrons. The van der Waals surface area contributed by atoms with Crippen LogP contribution in [-0.2, 0) is 10.1 Å². The Hall–Kier alpha value is -0.680. The zero-order chi connectivity index (χ0) is 15.9. The largest absolute Gasteiger partial charge is 0.395 e. The third kappa shape index (κ3) is 46.8. The molecule has 0 rings (SSSR count). The van der Waals surface area contributed by atoms with Crippen LogP contribution in [0.1, 0.15) is 0 Å². The number of halogens is 3. The number of aliphatic hydroxyl groups excluding tert-OH is 2. The van der Waals surface area contributed by atoms with Crippen LogP contribution in [0.15, 0.2) is 12.7 Å². The Kier molecular flexibility index (Phi) is 19.0. The van der Waals surface area contributed by atoms with Crippen LogP contribution in [0.4, 0.5) is 13.2 Å². The van der Waals surface area contributed by atoms with Crippen molar-refractivity contribution in [2.75, 3.05) is 39.1 Å². The molecule has 118 valence electrons. The molecular weight excluding hydrogens is 291 g/mol. The van der Waals surface area contributed by atoms with E-state index in [0.29, 0.717) is 13.1 Å². The Morgan fingerprint density at radius 1 is 1.21 bits per heavy atom. The summed E-state index contributed by atoms with van der Waals surface area (Å²) in [6, 6.07) is 0. The molecule has 0 spiro atoms. The molecule has 0 bridgehead atoms. The Bertz CT molecular complexity index is 279. The quantitative estimate of drug-likeness (QED) is 0.477. The van der Waals surface area contributed by atoms with Crippen molar-refractivity contribution in [3.63, 3.8) is 0 Å². The van der Waals surface area contributed by atoms with E-state index in [4.69, 9.17) is 14.8 Å². The van der Waals surface area contributed by atoms with Gasteiger partial charge in [-0.2, -0.15) is 21.6 Å². The molecule has 0 atom stereocenters. The lowest BCUT2D eigenvalue weighted by Gasteiger charge is -2.11. The number of hydrogen-bond donors (Lipinski definition) is 3. The molecular formula is C9H20F3NO5S. The Morgan fingerprint density at radius 3 is 1.63 bits per heavy atom. The van der Waals surface area contributed by atoms with Gasteiger partial charge in [0.15, 0.2) is 0 Å². The maximum atomic E-state index is 9.72. The van der Waals surface area contributed by atoms with E-state index in [-0.39, 0.29) is 19.0 Å². The highest BCUT2D eigenvalue weighted by atomic mass is 32.2. The van der Waals surface area contributed by atoms with E-state index in [1.165, 1.54) is 0 Å². The van der Waals surface area contributed by atoms with Gasteiger partial charge in [-0.25, -0.2) is 0 Å². The van der Waals surface area contributed by atoms with Crippen LogP contribution in [0.25, 0.3) is 0 Å². The van der Waals surface area contributed by atoms with Gasteiger partial charge in [-0.15, -0.1) is 6.58 Å². The average molecular weight is 311 g/mol. The molecule has 0 saturated carbocycles. The van der Waals surface area contributed by atoms with Gasteiger partial charge in [-0.1, -0.05) is 6.08 Å². The van der Waals surface area contributed by atoms with Gasteiger partial charge < -0.3 is 15.1 Å². The highest BCUT2D eigenvalue weighted by Crippen LogP contribution is 1.87. The number of likely N-dealkylation sites (N-methyl/N-ethyl adjacent to an activating group) is 1. The van der Waals surface area contributed by atoms with Crippen molar-refractivity contribution in [1.29, 1.82) is 0 Å². The second-order valence-corrected chi connectivity index (χ2v) is 4.53. The van der Waals surface area contributed by atoms with E-state index in [0.717, 1.165) is 6.08 Å². The predicted molar refractivity (Wildman–Crippen MR) is 65.4 cm³/mol. The van der Waals surface area contributed by atoms with Crippen molar-refractivity contribution in [3.8, 4) is 0 Å². The summed E-state index contributed by atoms with van der Waals surface area (Å²) in [6.07, 6.45) is 1.12. The van der Waals surface area contributed by atoms with Gasteiger partial charge in [-0.3, -0.25) is 4.55 Å². The van der Waals surface area contributed by atoms with Gasteiger partial charge in [-0.05, 0) is 7.05 Å². The fourth-order valence-corrected chi connectivity index (χ4v) is 0.900. The lowest BCUT2D eigenvalue weighted by molar-refractivity contribution is 0.00819. The minimum absolute atomic E-state index is 0.163. The summed E-state index contributed by atoms with van der Waals surface area (Å²) in [5, 5.41) is 16.7. The first-order valence-corrected chi connectivity index (χ1v) is 6.60. The van der Waals surface area contributed by atoms with E-state index in [9.17, 15) is 21.6 Å². The zero-order valence-corrected chi connectivity index (χ0v) is 11.4.